The van der Waals surface area contributed by atoms with E-state index in [0.29, 0.717) is 19.4 Å². The lowest BCUT2D eigenvalue weighted by molar-refractivity contribution is -0.193. The normalized spacial score (nSPS) is 12.5. The molecule has 0 saturated carbocycles. The molecule has 0 amide bonds. The largest absolute Gasteiger partial charge is 0.490 e. The van der Waals surface area contributed by atoms with Gasteiger partial charge in [-0.25, -0.2) is 9.59 Å². The highest BCUT2D eigenvalue weighted by Gasteiger charge is 2.38. The molecule has 4 rings (SSSR count). The highest BCUT2D eigenvalue weighted by atomic mass is 19.4. The number of pyridine rings is 1. The lowest BCUT2D eigenvalue weighted by Gasteiger charge is -2.19. The zero-order valence-electron chi connectivity index (χ0n) is 22.8. The van der Waals surface area contributed by atoms with E-state index < -0.39 is 24.3 Å². The van der Waals surface area contributed by atoms with Gasteiger partial charge in [0.25, 0.3) is 0 Å². The van der Waals surface area contributed by atoms with Gasteiger partial charge in [-0.05, 0) is 47.4 Å². The van der Waals surface area contributed by atoms with Crippen LogP contribution in [0.4, 0.5) is 26.3 Å². The Kier molecular flexibility index (Phi) is 12.9. The number of carboxylic acids is 2. The summed E-state index contributed by atoms with van der Waals surface area (Å²) in [5, 5.41) is 17.8. The van der Waals surface area contributed by atoms with Crippen molar-refractivity contribution in [3.8, 4) is 22.6 Å². The predicted molar refractivity (Wildman–Crippen MR) is 140 cm³/mol. The molecule has 44 heavy (non-hydrogen) atoms. The molecule has 10 nitrogen and oxygen atoms in total. The second-order valence-corrected chi connectivity index (χ2v) is 8.68. The van der Waals surface area contributed by atoms with Crippen LogP contribution in [0.15, 0.2) is 67.0 Å². The molecule has 238 valence electrons. The van der Waals surface area contributed by atoms with Crippen LogP contribution in [0.5, 0.6) is 11.5 Å². The van der Waals surface area contributed by atoms with Crippen molar-refractivity contribution in [1.82, 2.24) is 10.3 Å². The SMILES string of the molecule is COC(=O)CCC(NCc1cc2c(c(-c3ccncc3)c1)OCO2)c1ccccc1.O=C(O)C(F)(F)F.O=C(O)C(F)(F)F. The van der Waals surface area contributed by atoms with Gasteiger partial charge in [0, 0.05) is 37.0 Å². The Balaban J connectivity index is 0.000000402. The number of esters is 1. The van der Waals surface area contributed by atoms with Crippen LogP contribution in [0.3, 0.4) is 0 Å². The summed E-state index contributed by atoms with van der Waals surface area (Å²) in [6.45, 7) is 0.839. The third-order valence-electron chi connectivity index (χ3n) is 5.63. The number of hydrogen-bond acceptors (Lipinski definition) is 8. The molecule has 3 aromatic rings. The van der Waals surface area contributed by atoms with E-state index in [0.717, 1.165) is 33.8 Å². The summed E-state index contributed by atoms with van der Waals surface area (Å²) in [5.74, 6) is -4.22. The molecule has 0 saturated heterocycles. The van der Waals surface area contributed by atoms with Gasteiger partial charge in [-0.15, -0.1) is 0 Å². The lowest BCUT2D eigenvalue weighted by atomic mass is 10.00. The summed E-state index contributed by atoms with van der Waals surface area (Å²) in [6, 6.07) is 18.2. The number of aromatic nitrogens is 1. The summed E-state index contributed by atoms with van der Waals surface area (Å²) in [6.07, 6.45) is -5.63. The van der Waals surface area contributed by atoms with Crippen molar-refractivity contribution >= 4 is 17.9 Å². The molecule has 2 aromatic carbocycles. The van der Waals surface area contributed by atoms with Gasteiger partial charge in [0.05, 0.1) is 7.11 Å². The summed E-state index contributed by atoms with van der Waals surface area (Å²) in [7, 11) is 1.42. The van der Waals surface area contributed by atoms with Crippen LogP contribution in [0.1, 0.15) is 30.0 Å². The minimum absolute atomic E-state index is 0.0279. The number of nitrogens with zero attached hydrogens (tertiary/aromatic N) is 1. The standard InChI is InChI=1S/C24H24N2O4.2C2HF3O2/c1-28-23(27)8-7-21(19-5-3-2-4-6-19)26-15-17-13-20(18-9-11-25-12-10-18)24-22(14-17)29-16-30-24;2*3-2(4,5)1(6)7/h2-6,9-14,21,26H,7-8,15-16H2,1H3;2*(H,6,7). The Labute approximate surface area is 246 Å². The lowest BCUT2D eigenvalue weighted by Crippen LogP contribution is -2.22. The van der Waals surface area contributed by atoms with Crippen LogP contribution in [0, 0.1) is 0 Å². The Hall–Kier alpha value is -4.86. The van der Waals surface area contributed by atoms with Gasteiger partial charge >= 0.3 is 30.3 Å². The topological polar surface area (TPSA) is 144 Å². The van der Waals surface area contributed by atoms with Crippen molar-refractivity contribution in [3.05, 3.63) is 78.1 Å². The first-order valence-electron chi connectivity index (χ1n) is 12.4. The number of rotatable bonds is 8. The molecule has 0 bridgehead atoms. The number of halogens is 6. The van der Waals surface area contributed by atoms with Crippen LogP contribution < -0.4 is 14.8 Å². The van der Waals surface area contributed by atoms with Gasteiger partial charge in [0.1, 0.15) is 0 Å². The van der Waals surface area contributed by atoms with Gasteiger partial charge < -0.3 is 29.7 Å². The summed E-state index contributed by atoms with van der Waals surface area (Å²) in [5.41, 5.74) is 4.22. The van der Waals surface area contributed by atoms with E-state index in [1.807, 2.05) is 36.4 Å². The summed E-state index contributed by atoms with van der Waals surface area (Å²) < 4.78 is 79.6. The number of fused-ring (bicyclic) bond motifs is 1. The molecule has 1 atom stereocenters. The first kappa shape index (κ1) is 35.3. The molecule has 0 aliphatic carbocycles. The first-order chi connectivity index (χ1) is 20.6. The number of ether oxygens (including phenoxy) is 3. The van der Waals surface area contributed by atoms with E-state index in [-0.39, 0.29) is 18.8 Å². The fourth-order valence-corrected chi connectivity index (χ4v) is 3.59. The molecule has 1 aliphatic heterocycles. The van der Waals surface area contributed by atoms with Gasteiger partial charge in [-0.2, -0.15) is 26.3 Å². The van der Waals surface area contributed by atoms with E-state index in [1.165, 1.54) is 7.11 Å². The number of aliphatic carboxylic acids is 2. The maximum absolute atomic E-state index is 11.7. The smallest absolute Gasteiger partial charge is 0.475 e. The fraction of sp³-hybridized carbons (Fsp3) is 0.286. The maximum atomic E-state index is 11.7. The Morgan fingerprint density at radius 1 is 0.932 bits per heavy atom. The average Bonchev–Trinajstić information content (AvgIpc) is 3.46. The van der Waals surface area contributed by atoms with Crippen LogP contribution in [-0.4, -0.2) is 59.4 Å². The fourth-order valence-electron chi connectivity index (χ4n) is 3.59. The molecule has 1 unspecified atom stereocenters. The monoisotopic (exact) mass is 632 g/mol. The number of carboxylic acid groups (broad SMARTS) is 2. The second-order valence-electron chi connectivity index (χ2n) is 8.68. The average molecular weight is 633 g/mol. The number of benzene rings is 2. The number of nitrogens with one attached hydrogen (secondary N) is 1. The number of carbonyl (C=O) groups is 3. The molecule has 1 aliphatic rings. The predicted octanol–water partition coefficient (Wildman–Crippen LogP) is 5.53. The molecule has 16 heteroatoms. The Bertz CT molecular complexity index is 1360. The summed E-state index contributed by atoms with van der Waals surface area (Å²) >= 11 is 0. The third kappa shape index (κ3) is 11.4. The number of hydrogen-bond donors (Lipinski definition) is 3. The van der Waals surface area contributed by atoms with E-state index in [2.05, 4.69) is 28.5 Å². The molecule has 0 radical (unpaired) electrons. The van der Waals surface area contributed by atoms with Gasteiger partial charge in [-0.1, -0.05) is 30.3 Å². The summed E-state index contributed by atoms with van der Waals surface area (Å²) in [4.78, 5) is 33.6. The molecular formula is C28H26F6N2O8. The van der Waals surface area contributed by atoms with Crippen molar-refractivity contribution in [2.45, 2.75) is 37.8 Å². The van der Waals surface area contributed by atoms with Crippen molar-refractivity contribution in [2.24, 2.45) is 0 Å². The van der Waals surface area contributed by atoms with Gasteiger partial charge in [0.15, 0.2) is 11.5 Å². The zero-order chi connectivity index (χ0) is 32.9. The number of alkyl halides is 6. The van der Waals surface area contributed by atoms with Gasteiger partial charge in [-0.3, -0.25) is 9.78 Å². The quantitative estimate of drug-likeness (QED) is 0.214. The van der Waals surface area contributed by atoms with E-state index in [9.17, 15) is 31.1 Å². The highest BCUT2D eigenvalue weighted by Crippen LogP contribution is 2.42. The molecule has 0 spiro atoms. The highest BCUT2D eigenvalue weighted by molar-refractivity contribution is 5.75. The third-order valence-corrected chi connectivity index (χ3v) is 5.63. The van der Waals surface area contributed by atoms with Crippen LogP contribution >= 0.6 is 0 Å². The van der Waals surface area contributed by atoms with Crippen LogP contribution in [-0.2, 0) is 25.7 Å². The van der Waals surface area contributed by atoms with Gasteiger partial charge in [0.2, 0.25) is 6.79 Å². The van der Waals surface area contributed by atoms with Crippen molar-refractivity contribution in [2.75, 3.05) is 13.9 Å². The zero-order valence-corrected chi connectivity index (χ0v) is 22.8. The number of carbonyl (C=O) groups excluding carboxylic acids is 1. The molecule has 0 fully saturated rings. The van der Waals surface area contributed by atoms with E-state index in [4.69, 9.17) is 34.0 Å². The minimum Gasteiger partial charge on any atom is -0.475 e. The Morgan fingerprint density at radius 2 is 1.50 bits per heavy atom. The molecule has 2 heterocycles. The van der Waals surface area contributed by atoms with Crippen LogP contribution in [0.2, 0.25) is 0 Å². The maximum Gasteiger partial charge on any atom is 0.490 e. The molecule has 3 N–H and O–H groups in total. The molecule has 1 aromatic heterocycles. The van der Waals surface area contributed by atoms with Crippen LogP contribution in [0.25, 0.3) is 11.1 Å². The van der Waals surface area contributed by atoms with Crippen molar-refractivity contribution in [1.29, 1.82) is 0 Å². The second kappa shape index (κ2) is 16.1. The minimum atomic E-state index is -5.08. The van der Waals surface area contributed by atoms with E-state index >= 15 is 0 Å². The van der Waals surface area contributed by atoms with E-state index in [1.54, 1.807) is 12.4 Å². The molecular weight excluding hydrogens is 606 g/mol. The first-order valence-corrected chi connectivity index (χ1v) is 12.4. The van der Waals surface area contributed by atoms with Crippen molar-refractivity contribution in [3.63, 3.8) is 0 Å². The Morgan fingerprint density at radius 3 is 2.02 bits per heavy atom. The van der Waals surface area contributed by atoms with Crippen molar-refractivity contribution < 1.29 is 65.1 Å². The number of methoxy groups -OCH3 is 1.